The smallest absolute Gasteiger partial charge is 0.308 e. The Morgan fingerprint density at radius 3 is 2.44 bits per heavy atom. The molecule has 0 unspecified atom stereocenters. The maximum atomic E-state index is 13.0. The van der Waals surface area contributed by atoms with Crippen LogP contribution < -0.4 is 0 Å². The number of amides is 1. The Morgan fingerprint density at radius 1 is 1.33 bits per heavy atom. The number of carbonyl (C=O) groups excluding carboxylic acids is 1. The van der Waals surface area contributed by atoms with E-state index in [9.17, 15) is 18.4 Å². The first-order valence-corrected chi connectivity index (χ1v) is 5.41. The summed E-state index contributed by atoms with van der Waals surface area (Å²) >= 11 is 0. The molecule has 1 heterocycles. The third-order valence-corrected chi connectivity index (χ3v) is 2.86. The second-order valence-electron chi connectivity index (χ2n) is 4.29. The van der Waals surface area contributed by atoms with Crippen LogP contribution in [0, 0.1) is 17.6 Å². The van der Waals surface area contributed by atoms with Crippen LogP contribution >= 0.6 is 0 Å². The van der Waals surface area contributed by atoms with E-state index in [4.69, 9.17) is 5.11 Å². The van der Waals surface area contributed by atoms with Gasteiger partial charge in [-0.25, -0.2) is 8.78 Å². The van der Waals surface area contributed by atoms with Gasteiger partial charge in [-0.05, 0) is 17.7 Å². The number of aliphatic carboxylic acids is 1. The van der Waals surface area contributed by atoms with Crippen LogP contribution in [-0.2, 0) is 16.1 Å². The van der Waals surface area contributed by atoms with E-state index in [-0.39, 0.29) is 25.4 Å². The number of carboxylic acid groups (broad SMARTS) is 1. The summed E-state index contributed by atoms with van der Waals surface area (Å²) in [7, 11) is 0. The minimum absolute atomic E-state index is 0.0251. The molecular weight excluding hydrogens is 244 g/mol. The van der Waals surface area contributed by atoms with Gasteiger partial charge in [0.05, 0.1) is 5.92 Å². The molecule has 0 aliphatic carbocycles. The van der Waals surface area contributed by atoms with Crippen LogP contribution in [0.15, 0.2) is 18.2 Å². The summed E-state index contributed by atoms with van der Waals surface area (Å²) in [4.78, 5) is 23.6. The van der Waals surface area contributed by atoms with Gasteiger partial charge in [0.2, 0.25) is 5.91 Å². The summed E-state index contributed by atoms with van der Waals surface area (Å²) in [5, 5.41) is 8.80. The molecule has 4 nitrogen and oxygen atoms in total. The lowest BCUT2D eigenvalue weighted by Crippen LogP contribution is -2.25. The van der Waals surface area contributed by atoms with Crippen molar-refractivity contribution < 1.29 is 23.5 Å². The van der Waals surface area contributed by atoms with Crippen molar-refractivity contribution >= 4 is 11.9 Å². The Morgan fingerprint density at radius 2 is 1.94 bits per heavy atom. The van der Waals surface area contributed by atoms with E-state index in [1.807, 2.05) is 0 Å². The molecule has 0 aromatic heterocycles. The summed E-state index contributed by atoms with van der Waals surface area (Å²) in [6.45, 7) is 0.101. The normalized spacial score (nSPS) is 19.3. The standard InChI is InChI=1S/C12H11F2NO3/c13-9-1-7(2-10(14)4-9)5-15-6-8(12(17)18)3-11(15)16/h1-2,4,8H,3,5-6H2,(H,17,18)/t8-/m0/s1. The number of hydrogen-bond acceptors (Lipinski definition) is 2. The number of rotatable bonds is 3. The predicted octanol–water partition coefficient (Wildman–Crippen LogP) is 1.40. The van der Waals surface area contributed by atoms with Gasteiger partial charge in [-0.3, -0.25) is 9.59 Å². The number of carbonyl (C=O) groups is 2. The minimum Gasteiger partial charge on any atom is -0.481 e. The molecule has 0 spiro atoms. The summed E-state index contributed by atoms with van der Waals surface area (Å²) in [6, 6.07) is 3.00. The third-order valence-electron chi connectivity index (χ3n) is 2.86. The number of hydrogen-bond donors (Lipinski definition) is 1. The van der Waals surface area contributed by atoms with Crippen molar-refractivity contribution in [1.82, 2.24) is 4.90 Å². The number of carboxylic acids is 1. The van der Waals surface area contributed by atoms with Gasteiger partial charge < -0.3 is 10.0 Å². The van der Waals surface area contributed by atoms with Crippen molar-refractivity contribution in [1.29, 1.82) is 0 Å². The lowest BCUT2D eigenvalue weighted by Gasteiger charge is -2.16. The van der Waals surface area contributed by atoms with E-state index < -0.39 is 23.5 Å². The lowest BCUT2D eigenvalue weighted by atomic mass is 10.1. The van der Waals surface area contributed by atoms with Crippen LogP contribution in [-0.4, -0.2) is 28.4 Å². The molecule has 0 saturated carbocycles. The number of likely N-dealkylation sites (tertiary alicyclic amines) is 1. The second kappa shape index (κ2) is 4.72. The molecule has 6 heteroatoms. The Hall–Kier alpha value is -1.98. The van der Waals surface area contributed by atoms with Crippen LogP contribution in [0.3, 0.4) is 0 Å². The molecule has 1 aliphatic rings. The minimum atomic E-state index is -1.03. The van der Waals surface area contributed by atoms with Crippen molar-refractivity contribution in [3.8, 4) is 0 Å². The van der Waals surface area contributed by atoms with E-state index in [0.29, 0.717) is 5.56 Å². The summed E-state index contributed by atoms with van der Waals surface area (Å²) in [6.07, 6.45) is -0.0624. The lowest BCUT2D eigenvalue weighted by molar-refractivity contribution is -0.141. The highest BCUT2D eigenvalue weighted by molar-refractivity contribution is 5.86. The van der Waals surface area contributed by atoms with Crippen molar-refractivity contribution in [2.24, 2.45) is 5.92 Å². The van der Waals surface area contributed by atoms with Crippen LogP contribution in [0.5, 0.6) is 0 Å². The van der Waals surface area contributed by atoms with Gasteiger partial charge in [0, 0.05) is 25.6 Å². The molecule has 1 aromatic rings. The molecule has 1 fully saturated rings. The Labute approximate surface area is 102 Å². The summed E-state index contributed by atoms with van der Waals surface area (Å²) in [5.74, 6) is -3.52. The van der Waals surface area contributed by atoms with Crippen molar-refractivity contribution in [2.45, 2.75) is 13.0 Å². The Bertz CT molecular complexity index is 484. The quantitative estimate of drug-likeness (QED) is 0.888. The third kappa shape index (κ3) is 2.64. The molecule has 2 rings (SSSR count). The maximum absolute atomic E-state index is 13.0. The SMILES string of the molecule is O=C(O)[C@H]1CC(=O)N(Cc2cc(F)cc(F)c2)C1. The highest BCUT2D eigenvalue weighted by Crippen LogP contribution is 2.21. The predicted molar refractivity (Wildman–Crippen MR) is 57.5 cm³/mol. The molecule has 96 valence electrons. The number of halogens is 2. The molecule has 1 aliphatic heterocycles. The van der Waals surface area contributed by atoms with Gasteiger partial charge in [0.15, 0.2) is 0 Å². The van der Waals surface area contributed by atoms with E-state index >= 15 is 0 Å². The van der Waals surface area contributed by atoms with Crippen molar-refractivity contribution in [3.05, 3.63) is 35.4 Å². The average Bonchev–Trinajstić information content (AvgIpc) is 2.59. The zero-order valence-corrected chi connectivity index (χ0v) is 9.40. The summed E-state index contributed by atoms with van der Waals surface area (Å²) < 4.78 is 25.9. The zero-order chi connectivity index (χ0) is 13.3. The first kappa shape index (κ1) is 12.5. The fourth-order valence-corrected chi connectivity index (χ4v) is 2.01. The molecule has 0 radical (unpaired) electrons. The molecule has 18 heavy (non-hydrogen) atoms. The van der Waals surface area contributed by atoms with Gasteiger partial charge in [-0.2, -0.15) is 0 Å². The monoisotopic (exact) mass is 255 g/mol. The van der Waals surface area contributed by atoms with Gasteiger partial charge in [-0.1, -0.05) is 0 Å². The second-order valence-corrected chi connectivity index (χ2v) is 4.29. The van der Waals surface area contributed by atoms with E-state index in [1.165, 1.54) is 4.90 Å². The van der Waals surface area contributed by atoms with Crippen LogP contribution in [0.4, 0.5) is 8.78 Å². The highest BCUT2D eigenvalue weighted by atomic mass is 19.1. The average molecular weight is 255 g/mol. The van der Waals surface area contributed by atoms with E-state index in [2.05, 4.69) is 0 Å². The first-order chi connectivity index (χ1) is 8.45. The van der Waals surface area contributed by atoms with E-state index in [0.717, 1.165) is 18.2 Å². The molecule has 1 aromatic carbocycles. The topological polar surface area (TPSA) is 57.6 Å². The molecule has 1 saturated heterocycles. The molecule has 0 bridgehead atoms. The number of nitrogens with zero attached hydrogens (tertiary/aromatic N) is 1. The molecule has 1 N–H and O–H groups in total. The fourth-order valence-electron chi connectivity index (χ4n) is 2.01. The highest BCUT2D eigenvalue weighted by Gasteiger charge is 2.34. The Balaban J connectivity index is 2.10. The van der Waals surface area contributed by atoms with Gasteiger partial charge in [0.1, 0.15) is 11.6 Å². The van der Waals surface area contributed by atoms with Gasteiger partial charge in [-0.15, -0.1) is 0 Å². The van der Waals surface area contributed by atoms with Crippen molar-refractivity contribution in [2.75, 3.05) is 6.54 Å². The van der Waals surface area contributed by atoms with Crippen LogP contribution in [0.25, 0.3) is 0 Å². The van der Waals surface area contributed by atoms with Gasteiger partial charge >= 0.3 is 5.97 Å². The zero-order valence-electron chi connectivity index (χ0n) is 9.40. The fraction of sp³-hybridized carbons (Fsp3) is 0.333. The number of benzene rings is 1. The van der Waals surface area contributed by atoms with E-state index in [1.54, 1.807) is 0 Å². The molecular formula is C12H11F2NO3. The van der Waals surface area contributed by atoms with Crippen molar-refractivity contribution in [3.63, 3.8) is 0 Å². The van der Waals surface area contributed by atoms with Crippen LogP contribution in [0.2, 0.25) is 0 Å². The first-order valence-electron chi connectivity index (χ1n) is 5.41. The van der Waals surface area contributed by atoms with Crippen LogP contribution in [0.1, 0.15) is 12.0 Å². The molecule has 1 amide bonds. The largest absolute Gasteiger partial charge is 0.481 e. The van der Waals surface area contributed by atoms with Gasteiger partial charge in [0.25, 0.3) is 0 Å². The Kier molecular flexibility index (Phi) is 3.27. The molecule has 1 atom stereocenters. The maximum Gasteiger partial charge on any atom is 0.308 e. The summed E-state index contributed by atoms with van der Waals surface area (Å²) in [5.41, 5.74) is 0.312.